The number of anilines is 1. The van der Waals surface area contributed by atoms with Crippen molar-refractivity contribution in [2.24, 2.45) is 5.41 Å². The molecule has 8 heteroatoms. The van der Waals surface area contributed by atoms with E-state index in [0.717, 1.165) is 12.8 Å². The van der Waals surface area contributed by atoms with Crippen molar-refractivity contribution < 1.29 is 13.2 Å². The first kappa shape index (κ1) is 18.7. The van der Waals surface area contributed by atoms with Gasteiger partial charge in [0, 0.05) is 37.8 Å². The van der Waals surface area contributed by atoms with Crippen molar-refractivity contribution in [2.45, 2.75) is 38.5 Å². The van der Waals surface area contributed by atoms with E-state index < -0.39 is 15.4 Å². The van der Waals surface area contributed by atoms with Crippen LogP contribution in [0.1, 0.15) is 33.6 Å². The highest BCUT2D eigenvalue weighted by Crippen LogP contribution is 2.20. The van der Waals surface area contributed by atoms with Gasteiger partial charge in [0.05, 0.1) is 0 Å². The van der Waals surface area contributed by atoms with Crippen LogP contribution in [0.2, 0.25) is 0 Å². The van der Waals surface area contributed by atoms with Crippen LogP contribution < -0.4 is 10.6 Å². The molecule has 0 bridgehead atoms. The average molecular weight is 354 g/mol. The van der Waals surface area contributed by atoms with E-state index in [2.05, 4.69) is 15.6 Å². The molecule has 1 aliphatic rings. The van der Waals surface area contributed by atoms with E-state index in [0.29, 0.717) is 32.0 Å². The largest absolute Gasteiger partial charge is 0.368 e. The molecule has 7 nitrogen and oxygen atoms in total. The molecule has 0 unspecified atom stereocenters. The van der Waals surface area contributed by atoms with Gasteiger partial charge in [0.2, 0.25) is 15.9 Å². The van der Waals surface area contributed by atoms with Crippen LogP contribution in [0, 0.1) is 5.41 Å². The lowest BCUT2D eigenvalue weighted by atomic mass is 9.96. The third-order valence-electron chi connectivity index (χ3n) is 3.84. The monoisotopic (exact) mass is 354 g/mol. The molecule has 2 heterocycles. The lowest BCUT2D eigenvalue weighted by molar-refractivity contribution is -0.128. The molecule has 1 aromatic heterocycles. The molecule has 1 fully saturated rings. The van der Waals surface area contributed by atoms with Crippen molar-refractivity contribution in [3.8, 4) is 0 Å². The van der Waals surface area contributed by atoms with Crippen molar-refractivity contribution in [3.63, 3.8) is 0 Å². The summed E-state index contributed by atoms with van der Waals surface area (Å²) in [5.41, 5.74) is -0.413. The second-order valence-electron chi connectivity index (χ2n) is 6.92. The van der Waals surface area contributed by atoms with Crippen LogP contribution in [0.15, 0.2) is 23.2 Å². The first-order valence-corrected chi connectivity index (χ1v) is 9.63. The SMILES string of the molecule is CC(C)(C)C(=O)NCCNc1ccc(S(=O)(=O)N2CCCC2)cn1. The smallest absolute Gasteiger partial charge is 0.244 e. The Balaban J connectivity index is 1.85. The highest BCUT2D eigenvalue weighted by Gasteiger charge is 2.27. The molecule has 0 saturated carbocycles. The predicted molar refractivity (Wildman–Crippen MR) is 93.2 cm³/mol. The van der Waals surface area contributed by atoms with E-state index in [9.17, 15) is 13.2 Å². The van der Waals surface area contributed by atoms with E-state index in [4.69, 9.17) is 0 Å². The highest BCUT2D eigenvalue weighted by molar-refractivity contribution is 7.89. The van der Waals surface area contributed by atoms with E-state index in [1.54, 1.807) is 12.1 Å². The first-order chi connectivity index (χ1) is 11.2. The summed E-state index contributed by atoms with van der Waals surface area (Å²) in [6.45, 7) is 7.73. The minimum Gasteiger partial charge on any atom is -0.368 e. The van der Waals surface area contributed by atoms with Gasteiger partial charge in [-0.25, -0.2) is 13.4 Å². The molecule has 1 amide bonds. The summed E-state index contributed by atoms with van der Waals surface area (Å²) in [5, 5.41) is 5.90. The quantitative estimate of drug-likeness (QED) is 0.754. The maximum absolute atomic E-state index is 12.4. The standard InChI is InChI=1S/C16H26N4O3S/c1-16(2,3)15(21)18-9-8-17-14-7-6-13(12-19-14)24(22,23)20-10-4-5-11-20/h6-7,12H,4-5,8-11H2,1-3H3,(H,17,19)(H,18,21). The Bertz CT molecular complexity index is 660. The van der Waals surface area contributed by atoms with Gasteiger partial charge in [0.1, 0.15) is 10.7 Å². The number of nitrogens with zero attached hydrogens (tertiary/aromatic N) is 2. The second kappa shape index (κ2) is 7.48. The van der Waals surface area contributed by atoms with Gasteiger partial charge in [-0.05, 0) is 25.0 Å². The van der Waals surface area contributed by atoms with Crippen LogP contribution in [0.5, 0.6) is 0 Å². The Morgan fingerprint density at radius 2 is 1.88 bits per heavy atom. The van der Waals surface area contributed by atoms with Gasteiger partial charge in [0.15, 0.2) is 0 Å². The van der Waals surface area contributed by atoms with Crippen LogP contribution in [-0.4, -0.2) is 49.8 Å². The van der Waals surface area contributed by atoms with Gasteiger partial charge in [-0.3, -0.25) is 4.79 Å². The molecule has 0 spiro atoms. The van der Waals surface area contributed by atoms with E-state index in [1.807, 2.05) is 20.8 Å². The topological polar surface area (TPSA) is 91.4 Å². The Morgan fingerprint density at radius 3 is 2.42 bits per heavy atom. The molecule has 0 radical (unpaired) electrons. The second-order valence-corrected chi connectivity index (χ2v) is 8.86. The number of carbonyl (C=O) groups excluding carboxylic acids is 1. The van der Waals surface area contributed by atoms with Crippen LogP contribution in [0.3, 0.4) is 0 Å². The number of sulfonamides is 1. The maximum Gasteiger partial charge on any atom is 0.244 e. The summed E-state index contributed by atoms with van der Waals surface area (Å²) in [6.07, 6.45) is 3.20. The number of hydrogen-bond acceptors (Lipinski definition) is 5. The van der Waals surface area contributed by atoms with Gasteiger partial charge in [0.25, 0.3) is 0 Å². The molecule has 1 aromatic rings. The number of amides is 1. The number of carbonyl (C=O) groups is 1. The highest BCUT2D eigenvalue weighted by atomic mass is 32.2. The van der Waals surface area contributed by atoms with Gasteiger partial charge in [-0.2, -0.15) is 4.31 Å². The first-order valence-electron chi connectivity index (χ1n) is 8.19. The zero-order valence-electron chi connectivity index (χ0n) is 14.5. The fourth-order valence-corrected chi connectivity index (χ4v) is 3.81. The van der Waals surface area contributed by atoms with Crippen molar-refractivity contribution in [1.82, 2.24) is 14.6 Å². The maximum atomic E-state index is 12.4. The molecular formula is C16H26N4O3S. The lowest BCUT2D eigenvalue weighted by Crippen LogP contribution is -2.37. The van der Waals surface area contributed by atoms with Gasteiger partial charge in [-0.15, -0.1) is 0 Å². The lowest BCUT2D eigenvalue weighted by Gasteiger charge is -2.18. The summed E-state index contributed by atoms with van der Waals surface area (Å²) in [5.74, 6) is 0.574. The van der Waals surface area contributed by atoms with Crippen LogP contribution in [0.4, 0.5) is 5.82 Å². The molecule has 24 heavy (non-hydrogen) atoms. The van der Waals surface area contributed by atoms with Crippen LogP contribution in [-0.2, 0) is 14.8 Å². The number of pyridine rings is 1. The number of hydrogen-bond donors (Lipinski definition) is 2. The van der Waals surface area contributed by atoms with Gasteiger partial charge >= 0.3 is 0 Å². The third kappa shape index (κ3) is 4.67. The Kier molecular flexibility index (Phi) is 5.82. The molecule has 0 atom stereocenters. The summed E-state index contributed by atoms with van der Waals surface area (Å²) in [7, 11) is -3.42. The summed E-state index contributed by atoms with van der Waals surface area (Å²) in [6, 6.07) is 3.21. The molecular weight excluding hydrogens is 328 g/mol. The zero-order chi connectivity index (χ0) is 17.8. The Hall–Kier alpha value is -1.67. The minimum atomic E-state index is -3.42. The molecule has 2 rings (SSSR count). The summed E-state index contributed by atoms with van der Waals surface area (Å²) >= 11 is 0. The number of rotatable bonds is 6. The average Bonchev–Trinajstić information content (AvgIpc) is 3.06. The van der Waals surface area contributed by atoms with E-state index >= 15 is 0 Å². The van der Waals surface area contributed by atoms with Crippen molar-refractivity contribution in [1.29, 1.82) is 0 Å². The van der Waals surface area contributed by atoms with Crippen molar-refractivity contribution in [2.75, 3.05) is 31.5 Å². The molecule has 134 valence electrons. The van der Waals surface area contributed by atoms with Gasteiger partial charge in [-0.1, -0.05) is 20.8 Å². The predicted octanol–water partition coefficient (Wildman–Crippen LogP) is 1.44. The zero-order valence-corrected chi connectivity index (χ0v) is 15.3. The molecule has 2 N–H and O–H groups in total. The number of nitrogens with one attached hydrogen (secondary N) is 2. The van der Waals surface area contributed by atoms with E-state index in [1.165, 1.54) is 10.5 Å². The Labute approximate surface area is 143 Å². The normalized spacial score (nSPS) is 16.1. The molecule has 0 aliphatic carbocycles. The van der Waals surface area contributed by atoms with E-state index in [-0.39, 0.29) is 10.8 Å². The summed E-state index contributed by atoms with van der Waals surface area (Å²) < 4.78 is 26.3. The van der Waals surface area contributed by atoms with Crippen molar-refractivity contribution >= 4 is 21.7 Å². The molecule has 1 saturated heterocycles. The van der Waals surface area contributed by atoms with Crippen molar-refractivity contribution in [3.05, 3.63) is 18.3 Å². The molecule has 1 aliphatic heterocycles. The van der Waals surface area contributed by atoms with Crippen LogP contribution >= 0.6 is 0 Å². The fourth-order valence-electron chi connectivity index (χ4n) is 2.35. The molecule has 0 aromatic carbocycles. The Morgan fingerprint density at radius 1 is 1.21 bits per heavy atom. The minimum absolute atomic E-state index is 0.00989. The van der Waals surface area contributed by atoms with Crippen LogP contribution in [0.25, 0.3) is 0 Å². The number of aromatic nitrogens is 1. The van der Waals surface area contributed by atoms with Gasteiger partial charge < -0.3 is 10.6 Å². The fraction of sp³-hybridized carbons (Fsp3) is 0.625. The third-order valence-corrected chi connectivity index (χ3v) is 5.72. The summed E-state index contributed by atoms with van der Waals surface area (Å²) in [4.78, 5) is 16.1.